The topological polar surface area (TPSA) is 186 Å². The van der Waals surface area contributed by atoms with E-state index in [2.05, 4.69) is 15.4 Å². The second-order valence-electron chi connectivity index (χ2n) is 15.0. The van der Waals surface area contributed by atoms with Crippen LogP contribution in [0.15, 0.2) is 71.2 Å². The number of rotatable bonds is 7. The van der Waals surface area contributed by atoms with Crippen LogP contribution in [-0.2, 0) is 29.1 Å². The molecule has 2 aliphatic heterocycles. The van der Waals surface area contributed by atoms with Gasteiger partial charge in [0.25, 0.3) is 5.91 Å². The zero-order valence-electron chi connectivity index (χ0n) is 30.7. The van der Waals surface area contributed by atoms with Crippen molar-refractivity contribution in [3.8, 4) is 17.0 Å². The summed E-state index contributed by atoms with van der Waals surface area (Å²) in [7, 11) is -2.72. The maximum atomic E-state index is 14.4. The van der Waals surface area contributed by atoms with Gasteiger partial charge < -0.3 is 29.4 Å². The molecule has 0 bridgehead atoms. The second-order valence-corrected chi connectivity index (χ2v) is 16.9. The van der Waals surface area contributed by atoms with Gasteiger partial charge in [0.2, 0.25) is 21.8 Å². The van der Waals surface area contributed by atoms with E-state index in [0.717, 1.165) is 18.2 Å². The number of allylic oxidation sites excluding steroid dienone is 1. The molecule has 3 N–H and O–H groups in total. The third-order valence-corrected chi connectivity index (χ3v) is 12.9. The number of furan rings is 1. The summed E-state index contributed by atoms with van der Waals surface area (Å²) in [5, 5.41) is 5.57. The van der Waals surface area contributed by atoms with Crippen molar-refractivity contribution >= 4 is 55.9 Å². The van der Waals surface area contributed by atoms with Crippen molar-refractivity contribution < 1.29 is 45.9 Å². The smallest absolute Gasteiger partial charge is 0.407 e. The Hall–Kier alpha value is -5.51. The van der Waals surface area contributed by atoms with Gasteiger partial charge in [-0.2, -0.15) is 0 Å². The van der Waals surface area contributed by atoms with Crippen molar-refractivity contribution in [1.29, 1.82) is 0 Å². The molecule has 2 aromatic heterocycles. The molecule has 56 heavy (non-hydrogen) atoms. The van der Waals surface area contributed by atoms with Crippen LogP contribution >= 0.6 is 0 Å². The van der Waals surface area contributed by atoms with Gasteiger partial charge in [-0.3, -0.25) is 19.1 Å². The number of ether oxygens (including phenoxy) is 2. The highest BCUT2D eigenvalue weighted by molar-refractivity contribution is 7.91. The van der Waals surface area contributed by atoms with Crippen LogP contribution in [0.3, 0.4) is 0 Å². The van der Waals surface area contributed by atoms with Crippen LogP contribution in [0.4, 0.5) is 9.18 Å². The maximum Gasteiger partial charge on any atom is 0.407 e. The van der Waals surface area contributed by atoms with Crippen LogP contribution < -0.4 is 20.1 Å². The lowest BCUT2D eigenvalue weighted by Gasteiger charge is -2.29. The average molecular weight is 788 g/mol. The average Bonchev–Trinajstić information content (AvgIpc) is 4.08. The molecule has 2 aromatic carbocycles. The molecule has 4 amide bonds. The molecule has 4 heterocycles. The Labute approximate surface area is 322 Å². The molecule has 2 saturated carbocycles. The number of nitrogens with one attached hydrogen (secondary N) is 3. The number of hydrogen-bond donors (Lipinski definition) is 3. The van der Waals surface area contributed by atoms with Gasteiger partial charge in [0.1, 0.15) is 40.6 Å². The van der Waals surface area contributed by atoms with Crippen LogP contribution in [-0.4, -0.2) is 84.7 Å². The first-order chi connectivity index (χ1) is 27.0. The monoisotopic (exact) mass is 787 g/mol. The molecule has 0 radical (unpaired) electrons. The van der Waals surface area contributed by atoms with Gasteiger partial charge in [0, 0.05) is 29.4 Å². The molecule has 0 spiro atoms. The van der Waals surface area contributed by atoms with E-state index in [-0.39, 0.29) is 31.6 Å². The van der Waals surface area contributed by atoms with E-state index in [9.17, 15) is 32.0 Å². The minimum Gasteiger partial charge on any atom is -0.484 e. The van der Waals surface area contributed by atoms with E-state index >= 15 is 0 Å². The van der Waals surface area contributed by atoms with Gasteiger partial charge in [-0.1, -0.05) is 37.1 Å². The number of pyridine rings is 1. The van der Waals surface area contributed by atoms with Crippen molar-refractivity contribution in [1.82, 2.24) is 25.2 Å². The minimum absolute atomic E-state index is 0.0168. The molecule has 16 heteroatoms. The predicted octanol–water partition coefficient (Wildman–Crippen LogP) is 4.86. The number of carbonyl (C=O) groups is 4. The molecule has 4 aliphatic rings. The van der Waals surface area contributed by atoms with E-state index in [0.29, 0.717) is 53.6 Å². The Morgan fingerprint density at radius 2 is 1.84 bits per heavy atom. The number of amides is 4. The van der Waals surface area contributed by atoms with Gasteiger partial charge in [-0.15, -0.1) is 0 Å². The fraction of sp³-hybridized carbons (Fsp3) is 0.425. The highest BCUT2D eigenvalue weighted by Crippen LogP contribution is 2.46. The molecule has 5 atom stereocenters. The van der Waals surface area contributed by atoms with Gasteiger partial charge in [0.05, 0.1) is 24.6 Å². The third-order valence-electron chi connectivity index (χ3n) is 11.0. The number of para-hydroxylation sites is 1. The van der Waals surface area contributed by atoms with Gasteiger partial charge in [-0.05, 0) is 74.9 Å². The number of nitrogens with zero attached hydrogens (tertiary/aromatic N) is 2. The largest absolute Gasteiger partial charge is 0.484 e. The number of fused-ring (bicyclic) bond motifs is 5. The lowest BCUT2D eigenvalue weighted by atomic mass is 10.1. The Kier molecular flexibility index (Phi) is 9.93. The highest BCUT2D eigenvalue weighted by atomic mass is 32.2. The summed E-state index contributed by atoms with van der Waals surface area (Å²) in [5.41, 5.74) is 0.953. The number of alkyl carbamates (subject to hydrolysis) is 1. The number of halogens is 1. The minimum atomic E-state index is -3.92. The summed E-state index contributed by atoms with van der Waals surface area (Å²) in [4.78, 5) is 61.2. The SMILES string of the molecule is COC(=O)N[C@H]1CCCCC/C=C\[C@H]2C[C@@]2(C(=O)NS(=O)(=O)C2CC2)NC(=O)[C@@H]2C[C@@H](Oc3cc(-c4ccc(F)cc4)nc4c3oc3ccccc34)CN2C1=O. The Morgan fingerprint density at radius 1 is 1.05 bits per heavy atom. The summed E-state index contributed by atoms with van der Waals surface area (Å²) in [6, 6.07) is 12.7. The van der Waals surface area contributed by atoms with Crippen LogP contribution in [0.1, 0.15) is 57.8 Å². The first kappa shape index (κ1) is 37.4. The van der Waals surface area contributed by atoms with E-state index < -0.39 is 74.5 Å². The molecular weight excluding hydrogens is 746 g/mol. The zero-order valence-corrected chi connectivity index (χ0v) is 31.5. The number of hydrogen-bond acceptors (Lipinski definition) is 10. The highest BCUT2D eigenvalue weighted by Gasteiger charge is 2.62. The summed E-state index contributed by atoms with van der Waals surface area (Å²) < 4.78 is 59.5. The van der Waals surface area contributed by atoms with Crippen LogP contribution in [0, 0.1) is 11.7 Å². The number of methoxy groups -OCH3 is 1. The Morgan fingerprint density at radius 3 is 2.61 bits per heavy atom. The summed E-state index contributed by atoms with van der Waals surface area (Å²) >= 11 is 0. The number of aromatic nitrogens is 1. The summed E-state index contributed by atoms with van der Waals surface area (Å²) in [5.74, 6) is -2.60. The molecule has 3 fully saturated rings. The number of sulfonamides is 1. The molecule has 4 aromatic rings. The Bertz CT molecular complexity index is 2340. The normalized spacial score (nSPS) is 26.3. The molecule has 14 nitrogen and oxygen atoms in total. The first-order valence-electron chi connectivity index (χ1n) is 18.9. The van der Waals surface area contributed by atoms with Gasteiger partial charge >= 0.3 is 6.09 Å². The first-order valence-corrected chi connectivity index (χ1v) is 20.4. The summed E-state index contributed by atoms with van der Waals surface area (Å²) in [6.45, 7) is -0.0786. The molecule has 1 saturated heterocycles. The molecule has 8 rings (SSSR count). The van der Waals surface area contributed by atoms with Crippen LogP contribution in [0.25, 0.3) is 33.3 Å². The number of carbonyl (C=O) groups excluding carboxylic acids is 4. The predicted molar refractivity (Wildman–Crippen MR) is 202 cm³/mol. The zero-order chi connectivity index (χ0) is 39.2. The molecule has 2 aliphatic carbocycles. The molecule has 0 unspecified atom stereocenters. The van der Waals surface area contributed by atoms with Crippen molar-refractivity contribution in [3.05, 3.63) is 72.6 Å². The number of benzene rings is 2. The Balaban J connectivity index is 1.15. The van der Waals surface area contributed by atoms with E-state index in [4.69, 9.17) is 18.9 Å². The summed E-state index contributed by atoms with van der Waals surface area (Å²) in [6.07, 6.45) is 6.32. The van der Waals surface area contributed by atoms with Crippen molar-refractivity contribution in [2.45, 2.75) is 86.8 Å². The molecular formula is C40H42FN5O9S. The van der Waals surface area contributed by atoms with E-state index in [1.54, 1.807) is 24.3 Å². The van der Waals surface area contributed by atoms with Crippen LogP contribution in [0.2, 0.25) is 0 Å². The van der Waals surface area contributed by atoms with Crippen molar-refractivity contribution in [3.63, 3.8) is 0 Å². The van der Waals surface area contributed by atoms with Gasteiger partial charge in [0.15, 0.2) is 11.3 Å². The van der Waals surface area contributed by atoms with E-state index in [1.165, 1.54) is 24.1 Å². The molecule has 294 valence electrons. The fourth-order valence-corrected chi connectivity index (χ4v) is 9.10. The third kappa shape index (κ3) is 7.41. The lowest BCUT2D eigenvalue weighted by Crippen LogP contribution is -2.58. The quantitative estimate of drug-likeness (QED) is 0.219. The van der Waals surface area contributed by atoms with Crippen LogP contribution in [0.5, 0.6) is 5.75 Å². The lowest BCUT2D eigenvalue weighted by molar-refractivity contribution is -0.141. The van der Waals surface area contributed by atoms with Crippen molar-refractivity contribution in [2.24, 2.45) is 5.92 Å². The maximum absolute atomic E-state index is 14.4. The fourth-order valence-electron chi connectivity index (χ4n) is 7.74. The van der Waals surface area contributed by atoms with Gasteiger partial charge in [-0.25, -0.2) is 22.6 Å². The van der Waals surface area contributed by atoms with Crippen molar-refractivity contribution in [2.75, 3.05) is 13.7 Å². The standard InChI is InChI=1S/C40H42FN5O9S/c1-53-39(50)43-29-11-6-4-2-3-5-9-24-21-40(24,38(49)45-56(51,52)27-17-18-27)44-36(47)31-19-26(22-46(31)37(29)48)54-33-20-30(23-13-15-25(41)16-14-23)42-34-28-10-7-8-12-32(28)55-35(33)34/h5,7-10,12-16,20,24,26-27,29,31H,2-4,6,11,17-19,21-22H2,1H3,(H,43,50)(H,44,47)(H,45,49)/b9-5-/t24-,26+,29-,31-,40+/m0/s1. The second kappa shape index (κ2) is 14.9. The van der Waals surface area contributed by atoms with E-state index in [1.807, 2.05) is 30.4 Å².